The van der Waals surface area contributed by atoms with Crippen LogP contribution in [0.15, 0.2) is 53.0 Å². The number of allylic oxidation sites excluding steroid dienone is 2. The fourth-order valence-electron chi connectivity index (χ4n) is 2.23. The molecule has 1 atom stereocenters. The van der Waals surface area contributed by atoms with E-state index in [-0.39, 0.29) is 23.6 Å². The molecule has 0 heterocycles. The van der Waals surface area contributed by atoms with E-state index in [0.29, 0.717) is 5.56 Å². The summed E-state index contributed by atoms with van der Waals surface area (Å²) in [4.78, 5) is 17.9. The molecular formula is C14H16NO7P. The van der Waals surface area contributed by atoms with Crippen molar-refractivity contribution in [2.75, 3.05) is 0 Å². The summed E-state index contributed by atoms with van der Waals surface area (Å²) in [5.74, 6) is -4.06. The fraction of sp³-hybridized carbons (Fsp3) is 0.214. The molecule has 0 aromatic heterocycles. The van der Waals surface area contributed by atoms with E-state index in [2.05, 4.69) is 4.76 Å². The first-order chi connectivity index (χ1) is 10.6. The molecule has 23 heavy (non-hydrogen) atoms. The predicted molar refractivity (Wildman–Crippen MR) is 81.8 cm³/mol. The minimum Gasteiger partial charge on any atom is -0.508 e. The lowest BCUT2D eigenvalue weighted by molar-refractivity contribution is -0.172. The van der Waals surface area contributed by atoms with E-state index in [9.17, 15) is 25.0 Å². The second-order valence-electron chi connectivity index (χ2n) is 5.16. The van der Waals surface area contributed by atoms with Gasteiger partial charge in [0, 0.05) is 6.42 Å². The average molecular weight is 341 g/mol. The highest BCUT2D eigenvalue weighted by Gasteiger charge is 2.38. The number of aromatic hydroxyl groups is 1. The zero-order chi connectivity index (χ0) is 17.3. The highest BCUT2D eigenvalue weighted by molar-refractivity contribution is 7.50. The van der Waals surface area contributed by atoms with E-state index in [0.717, 1.165) is 18.2 Å². The molecule has 6 N–H and O–H groups in total. The first-order valence-electron chi connectivity index (χ1n) is 6.54. The number of nitrogens with zero attached hydrogens (tertiary/aromatic N) is 1. The Labute approximate surface area is 131 Å². The van der Waals surface area contributed by atoms with Gasteiger partial charge in [0.2, 0.25) is 0 Å². The average Bonchev–Trinajstić information content (AvgIpc) is 2.41. The van der Waals surface area contributed by atoms with E-state index in [1.165, 1.54) is 24.3 Å². The summed E-state index contributed by atoms with van der Waals surface area (Å²) in [6.07, 6.45) is 2.99. The second kappa shape index (κ2) is 6.27. The second-order valence-corrected chi connectivity index (χ2v) is 6.39. The Morgan fingerprint density at radius 1 is 1.09 bits per heavy atom. The molecule has 9 heteroatoms. The van der Waals surface area contributed by atoms with Crippen LogP contribution in [0, 0.1) is 5.92 Å². The molecule has 2 rings (SSSR count). The number of rotatable bonds is 4. The Morgan fingerprint density at radius 3 is 2.26 bits per heavy atom. The van der Waals surface area contributed by atoms with Gasteiger partial charge in [0.25, 0.3) is 0 Å². The molecule has 1 aromatic carbocycles. The minimum absolute atomic E-state index is 0.0112. The topological polar surface area (TPSA) is 151 Å². The van der Waals surface area contributed by atoms with Gasteiger partial charge in [-0.2, -0.15) is 4.76 Å². The molecule has 1 aliphatic carbocycles. The van der Waals surface area contributed by atoms with Crippen molar-refractivity contribution in [3.8, 4) is 5.75 Å². The maximum atomic E-state index is 11.0. The highest BCUT2D eigenvalue weighted by Crippen LogP contribution is 2.39. The predicted octanol–water partition coefficient (Wildman–Crippen LogP) is 0.777. The number of aliphatic hydroxyl groups is 3. The van der Waals surface area contributed by atoms with Crippen LogP contribution in [0.3, 0.4) is 0 Å². The summed E-state index contributed by atoms with van der Waals surface area (Å²) in [7, 11) is -4.78. The Kier molecular flexibility index (Phi) is 4.74. The summed E-state index contributed by atoms with van der Waals surface area (Å²) < 4.78 is 14.2. The standard InChI is InChI=1S/C14H16NO7P/c16-10-3-1-9(2-4-10)8-14(18,19)12-7-11(17)5-6-13(12)15-23(20,21)22/h1-7,12,16-19H,8H2,(H2,20,21,22). The zero-order valence-corrected chi connectivity index (χ0v) is 12.7. The van der Waals surface area contributed by atoms with E-state index >= 15 is 0 Å². The monoisotopic (exact) mass is 341 g/mol. The van der Waals surface area contributed by atoms with E-state index in [4.69, 9.17) is 9.79 Å². The molecule has 0 saturated heterocycles. The van der Waals surface area contributed by atoms with Gasteiger partial charge in [-0.3, -0.25) is 0 Å². The molecule has 124 valence electrons. The van der Waals surface area contributed by atoms with Gasteiger partial charge < -0.3 is 30.2 Å². The third-order valence-electron chi connectivity index (χ3n) is 3.23. The maximum absolute atomic E-state index is 11.0. The van der Waals surface area contributed by atoms with Crippen LogP contribution in [0.5, 0.6) is 5.75 Å². The molecule has 0 radical (unpaired) electrons. The van der Waals surface area contributed by atoms with Gasteiger partial charge in [0.15, 0.2) is 5.79 Å². The quantitative estimate of drug-likeness (QED) is 0.350. The van der Waals surface area contributed by atoms with Crippen molar-refractivity contribution in [1.29, 1.82) is 0 Å². The van der Waals surface area contributed by atoms with Gasteiger partial charge in [-0.15, -0.1) is 0 Å². The molecule has 1 aromatic rings. The number of hydrogen-bond acceptors (Lipinski definition) is 5. The minimum atomic E-state index is -4.78. The number of phenolic OH excluding ortho intramolecular Hbond substituents is 1. The van der Waals surface area contributed by atoms with Gasteiger partial charge >= 0.3 is 7.75 Å². The van der Waals surface area contributed by atoms with Gasteiger partial charge in [-0.1, -0.05) is 12.1 Å². The molecular weight excluding hydrogens is 325 g/mol. The largest absolute Gasteiger partial charge is 0.508 e. The van der Waals surface area contributed by atoms with E-state index < -0.39 is 19.5 Å². The Hall–Kier alpha value is -1.96. The number of aliphatic hydroxyl groups excluding tert-OH is 1. The first-order valence-corrected chi connectivity index (χ1v) is 8.10. The lowest BCUT2D eigenvalue weighted by Gasteiger charge is -2.31. The highest BCUT2D eigenvalue weighted by atomic mass is 31.2. The maximum Gasteiger partial charge on any atom is 0.448 e. The smallest absolute Gasteiger partial charge is 0.448 e. The van der Waals surface area contributed by atoms with Crippen LogP contribution in [-0.2, 0) is 11.0 Å². The van der Waals surface area contributed by atoms with Crippen molar-refractivity contribution < 1.29 is 34.8 Å². The van der Waals surface area contributed by atoms with E-state index in [1.807, 2.05) is 0 Å². The normalized spacial score (nSPS) is 20.6. The van der Waals surface area contributed by atoms with Crippen LogP contribution >= 0.6 is 7.75 Å². The third-order valence-corrected chi connectivity index (χ3v) is 3.72. The van der Waals surface area contributed by atoms with Gasteiger partial charge in [-0.25, -0.2) is 4.57 Å². The lowest BCUT2D eigenvalue weighted by Crippen LogP contribution is -2.43. The van der Waals surface area contributed by atoms with Crippen molar-refractivity contribution in [1.82, 2.24) is 0 Å². The Morgan fingerprint density at radius 2 is 1.70 bits per heavy atom. The third kappa shape index (κ3) is 4.75. The van der Waals surface area contributed by atoms with Crippen LogP contribution in [0.2, 0.25) is 0 Å². The summed E-state index contributed by atoms with van der Waals surface area (Å²) in [5, 5.41) is 39.4. The number of benzene rings is 1. The zero-order valence-electron chi connectivity index (χ0n) is 11.8. The summed E-state index contributed by atoms with van der Waals surface area (Å²) >= 11 is 0. The molecule has 8 nitrogen and oxygen atoms in total. The van der Waals surface area contributed by atoms with Crippen LogP contribution in [-0.4, -0.2) is 41.7 Å². The molecule has 0 saturated carbocycles. The molecule has 0 aliphatic heterocycles. The Bertz CT molecular complexity index is 715. The molecule has 0 bridgehead atoms. The van der Waals surface area contributed by atoms with Crippen molar-refractivity contribution in [2.24, 2.45) is 10.7 Å². The number of phenols is 1. The van der Waals surface area contributed by atoms with Crippen molar-refractivity contribution in [3.63, 3.8) is 0 Å². The van der Waals surface area contributed by atoms with E-state index in [1.54, 1.807) is 0 Å². The first kappa shape index (κ1) is 17.4. The van der Waals surface area contributed by atoms with Crippen LogP contribution in [0.1, 0.15) is 5.56 Å². The van der Waals surface area contributed by atoms with Crippen LogP contribution in [0.4, 0.5) is 0 Å². The summed E-state index contributed by atoms with van der Waals surface area (Å²) in [6, 6.07) is 5.67. The molecule has 1 unspecified atom stereocenters. The molecule has 1 aliphatic rings. The number of hydrogen-bond donors (Lipinski definition) is 6. The molecule has 0 amide bonds. The fourth-order valence-corrected chi connectivity index (χ4v) is 2.72. The lowest BCUT2D eigenvalue weighted by atomic mass is 9.85. The summed E-state index contributed by atoms with van der Waals surface area (Å²) in [6.45, 7) is 0. The Balaban J connectivity index is 2.34. The SMILES string of the molecule is O=P(O)(O)N=C1C=CC(O)=CC1C(O)(O)Cc1ccc(O)cc1. The molecule has 0 fully saturated rings. The van der Waals surface area contributed by atoms with Crippen LogP contribution in [0.25, 0.3) is 0 Å². The van der Waals surface area contributed by atoms with Gasteiger partial charge in [0.1, 0.15) is 11.5 Å². The molecule has 0 spiro atoms. The van der Waals surface area contributed by atoms with Gasteiger partial charge in [0.05, 0.1) is 11.6 Å². The van der Waals surface area contributed by atoms with Gasteiger partial charge in [-0.05, 0) is 35.9 Å². The van der Waals surface area contributed by atoms with Crippen molar-refractivity contribution in [3.05, 3.63) is 53.8 Å². The van der Waals surface area contributed by atoms with Crippen LogP contribution < -0.4 is 0 Å². The van der Waals surface area contributed by atoms with Crippen molar-refractivity contribution in [2.45, 2.75) is 12.2 Å². The summed E-state index contributed by atoms with van der Waals surface area (Å²) in [5.41, 5.74) is 0.200. The van der Waals surface area contributed by atoms with Crippen molar-refractivity contribution >= 4 is 13.5 Å².